The first-order chi connectivity index (χ1) is 11.5. The molecule has 1 aliphatic rings. The molecule has 1 fully saturated rings. The van der Waals surface area contributed by atoms with Crippen LogP contribution < -0.4 is 15.4 Å². The third-order valence-electron chi connectivity index (χ3n) is 3.98. The highest BCUT2D eigenvalue weighted by atomic mass is 32.2. The fourth-order valence-electron chi connectivity index (χ4n) is 2.78. The van der Waals surface area contributed by atoms with E-state index in [2.05, 4.69) is 5.32 Å². The van der Waals surface area contributed by atoms with Gasteiger partial charge < -0.3 is 11.1 Å². The number of sulfonamides is 1. The van der Waals surface area contributed by atoms with Gasteiger partial charge in [0.2, 0.25) is 15.9 Å². The van der Waals surface area contributed by atoms with E-state index in [1.54, 1.807) is 24.3 Å². The van der Waals surface area contributed by atoms with Crippen molar-refractivity contribution in [1.29, 1.82) is 0 Å². The number of rotatable bonds is 5. The predicted octanol–water partition coefficient (Wildman–Crippen LogP) is 1.86. The molecule has 1 aliphatic heterocycles. The van der Waals surface area contributed by atoms with Gasteiger partial charge in [-0.2, -0.15) is 0 Å². The maximum absolute atomic E-state index is 11.9. The van der Waals surface area contributed by atoms with Crippen LogP contribution in [0.5, 0.6) is 0 Å². The number of benzene rings is 2. The molecular formula is C17H19N3O3S. The monoisotopic (exact) mass is 345 g/mol. The molecule has 0 unspecified atom stereocenters. The van der Waals surface area contributed by atoms with Crippen molar-refractivity contribution in [3.05, 3.63) is 60.2 Å². The molecule has 24 heavy (non-hydrogen) atoms. The van der Waals surface area contributed by atoms with Crippen molar-refractivity contribution < 1.29 is 13.2 Å². The quantitative estimate of drug-likeness (QED) is 0.865. The minimum atomic E-state index is -3.19. The Kier molecular flexibility index (Phi) is 4.44. The Balaban J connectivity index is 1.79. The smallest absolute Gasteiger partial charge is 0.244 e. The number of carbonyl (C=O) groups excluding carboxylic acids is 1. The molecule has 126 valence electrons. The van der Waals surface area contributed by atoms with Crippen molar-refractivity contribution in [1.82, 2.24) is 0 Å². The Bertz CT molecular complexity index is 820. The molecule has 1 amide bonds. The van der Waals surface area contributed by atoms with E-state index in [0.717, 1.165) is 5.56 Å². The Hall–Kier alpha value is -2.54. The molecule has 1 atom stereocenters. The summed E-state index contributed by atoms with van der Waals surface area (Å²) in [6.07, 6.45) is 0.639. The fourth-order valence-corrected chi connectivity index (χ4v) is 4.35. The SMILES string of the molecule is NC(=O)[C@@H](Nc1ccc(N2CCCS2(=O)=O)cc1)c1ccccc1. The minimum Gasteiger partial charge on any atom is -0.370 e. The second-order valence-electron chi connectivity index (χ2n) is 5.68. The Labute approximate surface area is 141 Å². The van der Waals surface area contributed by atoms with Crippen LogP contribution in [-0.4, -0.2) is 26.6 Å². The molecule has 0 aliphatic carbocycles. The molecular weight excluding hydrogens is 326 g/mol. The molecule has 0 spiro atoms. The molecule has 0 aromatic heterocycles. The lowest BCUT2D eigenvalue weighted by Gasteiger charge is -2.19. The summed E-state index contributed by atoms with van der Waals surface area (Å²) in [6.45, 7) is 0.503. The van der Waals surface area contributed by atoms with Gasteiger partial charge in [-0.05, 0) is 36.2 Å². The lowest BCUT2D eigenvalue weighted by molar-refractivity contribution is -0.118. The zero-order valence-corrected chi connectivity index (χ0v) is 13.9. The number of anilines is 2. The molecule has 1 heterocycles. The maximum Gasteiger partial charge on any atom is 0.244 e. The summed E-state index contributed by atoms with van der Waals surface area (Å²) in [4.78, 5) is 11.7. The Morgan fingerprint density at radius 3 is 2.29 bits per heavy atom. The molecule has 2 aromatic rings. The number of hydrogen-bond acceptors (Lipinski definition) is 4. The van der Waals surface area contributed by atoms with E-state index in [9.17, 15) is 13.2 Å². The van der Waals surface area contributed by atoms with E-state index in [0.29, 0.717) is 24.3 Å². The molecule has 7 heteroatoms. The van der Waals surface area contributed by atoms with Gasteiger partial charge >= 0.3 is 0 Å². The van der Waals surface area contributed by atoms with Crippen molar-refractivity contribution in [3.8, 4) is 0 Å². The third kappa shape index (κ3) is 3.35. The molecule has 3 rings (SSSR count). The largest absolute Gasteiger partial charge is 0.370 e. The summed E-state index contributed by atoms with van der Waals surface area (Å²) < 4.78 is 25.3. The predicted molar refractivity (Wildman–Crippen MR) is 94.2 cm³/mol. The lowest BCUT2D eigenvalue weighted by atomic mass is 10.1. The molecule has 3 N–H and O–H groups in total. The van der Waals surface area contributed by atoms with Gasteiger partial charge in [-0.15, -0.1) is 0 Å². The topological polar surface area (TPSA) is 92.5 Å². The van der Waals surface area contributed by atoms with E-state index in [4.69, 9.17) is 5.73 Å². The van der Waals surface area contributed by atoms with E-state index in [-0.39, 0.29) is 5.75 Å². The maximum atomic E-state index is 11.9. The molecule has 0 saturated carbocycles. The number of hydrogen-bond donors (Lipinski definition) is 2. The van der Waals surface area contributed by atoms with Gasteiger partial charge in [-0.25, -0.2) is 8.42 Å². The first kappa shape index (κ1) is 16.3. The summed E-state index contributed by atoms with van der Waals surface area (Å²) in [6, 6.07) is 15.5. The van der Waals surface area contributed by atoms with Crippen LogP contribution in [0.4, 0.5) is 11.4 Å². The van der Waals surface area contributed by atoms with E-state index >= 15 is 0 Å². The second-order valence-corrected chi connectivity index (χ2v) is 7.69. The van der Waals surface area contributed by atoms with Gasteiger partial charge in [0.25, 0.3) is 0 Å². The Morgan fingerprint density at radius 1 is 1.08 bits per heavy atom. The molecule has 0 radical (unpaired) electrons. The van der Waals surface area contributed by atoms with Crippen LogP contribution in [0.25, 0.3) is 0 Å². The molecule has 0 bridgehead atoms. The van der Waals surface area contributed by atoms with Crippen LogP contribution in [-0.2, 0) is 14.8 Å². The second kappa shape index (κ2) is 6.52. The highest BCUT2D eigenvalue weighted by Gasteiger charge is 2.28. The first-order valence-corrected chi connectivity index (χ1v) is 9.29. The van der Waals surface area contributed by atoms with Crippen molar-refractivity contribution >= 4 is 27.3 Å². The normalized spacial score (nSPS) is 17.4. The number of nitrogens with one attached hydrogen (secondary N) is 1. The van der Waals surface area contributed by atoms with E-state index in [1.165, 1.54) is 4.31 Å². The number of nitrogens with zero attached hydrogens (tertiary/aromatic N) is 1. The van der Waals surface area contributed by atoms with Gasteiger partial charge in [-0.3, -0.25) is 9.10 Å². The molecule has 1 saturated heterocycles. The average Bonchev–Trinajstić information content (AvgIpc) is 2.93. The average molecular weight is 345 g/mol. The summed E-state index contributed by atoms with van der Waals surface area (Å²) in [5.74, 6) is -0.294. The summed E-state index contributed by atoms with van der Waals surface area (Å²) in [5.41, 5.74) is 7.60. The van der Waals surface area contributed by atoms with Gasteiger partial charge in [0, 0.05) is 12.2 Å². The van der Waals surface area contributed by atoms with Gasteiger partial charge in [0.05, 0.1) is 11.4 Å². The van der Waals surface area contributed by atoms with Crippen LogP contribution in [0, 0.1) is 0 Å². The molecule has 2 aromatic carbocycles. The van der Waals surface area contributed by atoms with E-state index < -0.39 is 22.0 Å². The third-order valence-corrected chi connectivity index (χ3v) is 5.85. The van der Waals surface area contributed by atoms with Crippen molar-refractivity contribution in [3.63, 3.8) is 0 Å². The van der Waals surface area contributed by atoms with Gasteiger partial charge in [-0.1, -0.05) is 30.3 Å². The minimum absolute atomic E-state index is 0.185. The first-order valence-electron chi connectivity index (χ1n) is 7.69. The van der Waals surface area contributed by atoms with Crippen LogP contribution >= 0.6 is 0 Å². The highest BCUT2D eigenvalue weighted by molar-refractivity contribution is 7.93. The number of nitrogens with two attached hydrogens (primary N) is 1. The molecule has 6 nitrogen and oxygen atoms in total. The summed E-state index contributed by atoms with van der Waals surface area (Å²) >= 11 is 0. The number of carbonyl (C=O) groups is 1. The number of amides is 1. The van der Waals surface area contributed by atoms with Crippen molar-refractivity contribution in [2.45, 2.75) is 12.5 Å². The zero-order chi connectivity index (χ0) is 17.2. The van der Waals surface area contributed by atoms with Crippen LogP contribution in [0.15, 0.2) is 54.6 Å². The van der Waals surface area contributed by atoms with Crippen molar-refractivity contribution in [2.24, 2.45) is 5.73 Å². The van der Waals surface area contributed by atoms with Crippen LogP contribution in [0.2, 0.25) is 0 Å². The van der Waals surface area contributed by atoms with Crippen molar-refractivity contribution in [2.75, 3.05) is 21.9 Å². The zero-order valence-electron chi connectivity index (χ0n) is 13.1. The summed E-state index contributed by atoms with van der Waals surface area (Å²) in [7, 11) is -3.19. The Morgan fingerprint density at radius 2 is 1.75 bits per heavy atom. The van der Waals surface area contributed by atoms with Crippen LogP contribution in [0.3, 0.4) is 0 Å². The lowest BCUT2D eigenvalue weighted by Crippen LogP contribution is -2.28. The van der Waals surface area contributed by atoms with E-state index in [1.807, 2.05) is 30.3 Å². The number of primary amides is 1. The fraction of sp³-hybridized carbons (Fsp3) is 0.235. The standard InChI is InChI=1S/C17H19N3O3S/c18-17(21)16(13-5-2-1-3-6-13)19-14-7-9-15(10-8-14)20-11-4-12-24(20,22)23/h1-3,5-10,16,19H,4,11-12H2,(H2,18,21)/t16-/m0/s1. The van der Waals surface area contributed by atoms with Crippen LogP contribution in [0.1, 0.15) is 18.0 Å². The highest BCUT2D eigenvalue weighted by Crippen LogP contribution is 2.26. The summed E-state index contributed by atoms with van der Waals surface area (Å²) in [5, 5.41) is 3.09. The van der Waals surface area contributed by atoms with Gasteiger partial charge in [0.15, 0.2) is 0 Å². The van der Waals surface area contributed by atoms with Gasteiger partial charge in [0.1, 0.15) is 6.04 Å².